The molecule has 2 saturated heterocycles. The lowest BCUT2D eigenvalue weighted by Crippen LogP contribution is -2.48. The quantitative estimate of drug-likeness (QED) is 0.642. The molecule has 0 bridgehead atoms. The number of hydrogen-bond donors (Lipinski definition) is 1. The molecular formula is C19H24N4O6S. The Morgan fingerprint density at radius 2 is 1.77 bits per heavy atom. The summed E-state index contributed by atoms with van der Waals surface area (Å²) in [5.74, 6) is -0.743. The second kappa shape index (κ2) is 7.55. The molecule has 10 nitrogen and oxygen atoms in total. The van der Waals surface area contributed by atoms with Crippen molar-refractivity contribution in [3.63, 3.8) is 0 Å². The Morgan fingerprint density at radius 3 is 2.33 bits per heavy atom. The molecule has 1 saturated carbocycles. The van der Waals surface area contributed by atoms with Crippen LogP contribution in [0.3, 0.4) is 0 Å². The summed E-state index contributed by atoms with van der Waals surface area (Å²) in [7, 11) is -2.47. The minimum absolute atomic E-state index is 0.00481. The molecule has 2 N–H and O–H groups in total. The number of urea groups is 1. The highest BCUT2D eigenvalue weighted by Gasteiger charge is 2.47. The highest BCUT2D eigenvalue weighted by Crippen LogP contribution is 2.33. The van der Waals surface area contributed by atoms with E-state index < -0.39 is 15.9 Å². The number of carbonyl (C=O) groups excluding carboxylic acids is 3. The first-order valence-electron chi connectivity index (χ1n) is 9.84. The standard InChI is InChI=1S/C19H24N4O6S/c1-29-16-5-4-14(10-15(16)18(20)25)30(27,28)21-8-6-12(7-9-21)22-11-17(24)23(19(22)26)13-2-3-13/h4-5,10,12-13H,2-3,6-9,11H2,1H3,(H2,20,25). The zero-order valence-electron chi connectivity index (χ0n) is 16.6. The van der Waals surface area contributed by atoms with Gasteiger partial charge < -0.3 is 15.4 Å². The maximum atomic E-state index is 13.0. The van der Waals surface area contributed by atoms with E-state index in [1.165, 1.54) is 34.5 Å². The lowest BCUT2D eigenvalue weighted by Gasteiger charge is -2.35. The number of nitrogens with two attached hydrogens (primary N) is 1. The van der Waals surface area contributed by atoms with Crippen molar-refractivity contribution in [3.05, 3.63) is 23.8 Å². The van der Waals surface area contributed by atoms with E-state index in [1.54, 1.807) is 4.90 Å². The number of rotatable bonds is 6. The fourth-order valence-corrected chi connectivity index (χ4v) is 5.59. The van der Waals surface area contributed by atoms with Crippen LogP contribution in [0.15, 0.2) is 23.1 Å². The van der Waals surface area contributed by atoms with Gasteiger partial charge in [0.1, 0.15) is 12.3 Å². The van der Waals surface area contributed by atoms with Crippen LogP contribution in [0.1, 0.15) is 36.0 Å². The van der Waals surface area contributed by atoms with Gasteiger partial charge in [-0.15, -0.1) is 0 Å². The average Bonchev–Trinajstić information content (AvgIpc) is 3.52. The van der Waals surface area contributed by atoms with Crippen molar-refractivity contribution in [2.45, 2.75) is 42.7 Å². The zero-order valence-corrected chi connectivity index (χ0v) is 17.4. The summed E-state index contributed by atoms with van der Waals surface area (Å²) in [6.07, 6.45) is 2.60. The Balaban J connectivity index is 1.46. The van der Waals surface area contributed by atoms with E-state index in [0.29, 0.717) is 12.8 Å². The number of sulfonamides is 1. The zero-order chi connectivity index (χ0) is 21.6. The molecule has 2 aliphatic heterocycles. The molecule has 1 aliphatic carbocycles. The first-order chi connectivity index (χ1) is 14.2. The summed E-state index contributed by atoms with van der Waals surface area (Å²) in [5, 5.41) is 0. The van der Waals surface area contributed by atoms with E-state index in [1.807, 2.05) is 0 Å². The summed E-state index contributed by atoms with van der Waals surface area (Å²) in [6.45, 7) is 0.492. The largest absolute Gasteiger partial charge is 0.496 e. The second-order valence-corrected chi connectivity index (χ2v) is 9.70. The van der Waals surface area contributed by atoms with E-state index in [-0.39, 0.29) is 59.9 Å². The SMILES string of the molecule is COc1ccc(S(=O)(=O)N2CCC(N3CC(=O)N(C4CC4)C3=O)CC2)cc1C(N)=O. The number of piperidine rings is 1. The van der Waals surface area contributed by atoms with Crippen molar-refractivity contribution in [3.8, 4) is 5.75 Å². The maximum absolute atomic E-state index is 13.0. The Hall–Kier alpha value is -2.66. The van der Waals surface area contributed by atoms with Crippen molar-refractivity contribution in [2.75, 3.05) is 26.7 Å². The average molecular weight is 436 g/mol. The number of methoxy groups -OCH3 is 1. The van der Waals surface area contributed by atoms with E-state index in [0.717, 1.165) is 12.8 Å². The second-order valence-electron chi connectivity index (χ2n) is 7.77. The molecule has 1 aromatic carbocycles. The van der Waals surface area contributed by atoms with Gasteiger partial charge in [-0.25, -0.2) is 13.2 Å². The van der Waals surface area contributed by atoms with Crippen LogP contribution in [0.2, 0.25) is 0 Å². The molecular weight excluding hydrogens is 412 g/mol. The van der Waals surface area contributed by atoms with Crippen LogP contribution in [0.5, 0.6) is 5.75 Å². The van der Waals surface area contributed by atoms with Crippen LogP contribution < -0.4 is 10.5 Å². The van der Waals surface area contributed by atoms with E-state index in [9.17, 15) is 22.8 Å². The van der Waals surface area contributed by atoms with E-state index >= 15 is 0 Å². The van der Waals surface area contributed by atoms with Gasteiger partial charge in [0, 0.05) is 25.2 Å². The van der Waals surface area contributed by atoms with Gasteiger partial charge in [-0.05, 0) is 43.9 Å². The minimum atomic E-state index is -3.84. The van der Waals surface area contributed by atoms with Crippen LogP contribution in [0.25, 0.3) is 0 Å². The van der Waals surface area contributed by atoms with Gasteiger partial charge in [0.2, 0.25) is 10.0 Å². The van der Waals surface area contributed by atoms with E-state index in [4.69, 9.17) is 10.5 Å². The normalized spacial score (nSPS) is 21.4. The third-order valence-corrected chi connectivity index (χ3v) is 7.77. The molecule has 4 amide bonds. The van der Waals surface area contributed by atoms with Gasteiger partial charge in [0.15, 0.2) is 0 Å². The first-order valence-corrected chi connectivity index (χ1v) is 11.3. The van der Waals surface area contributed by atoms with Crippen LogP contribution in [0.4, 0.5) is 4.79 Å². The van der Waals surface area contributed by atoms with Crippen molar-refractivity contribution in [2.24, 2.45) is 5.73 Å². The van der Waals surface area contributed by atoms with E-state index in [2.05, 4.69) is 0 Å². The smallest absolute Gasteiger partial charge is 0.327 e. The van der Waals surface area contributed by atoms with Crippen molar-refractivity contribution in [1.29, 1.82) is 0 Å². The lowest BCUT2D eigenvalue weighted by atomic mass is 10.1. The van der Waals surface area contributed by atoms with Crippen molar-refractivity contribution >= 4 is 27.9 Å². The summed E-state index contributed by atoms with van der Waals surface area (Å²) in [5.41, 5.74) is 5.33. The molecule has 0 aromatic heterocycles. The van der Waals surface area contributed by atoms with Gasteiger partial charge in [0.05, 0.1) is 17.6 Å². The van der Waals surface area contributed by atoms with Gasteiger partial charge in [-0.2, -0.15) is 4.31 Å². The predicted molar refractivity (Wildman–Crippen MR) is 105 cm³/mol. The highest BCUT2D eigenvalue weighted by molar-refractivity contribution is 7.89. The van der Waals surface area contributed by atoms with Gasteiger partial charge in [-0.1, -0.05) is 0 Å². The third-order valence-electron chi connectivity index (χ3n) is 5.88. The molecule has 1 aromatic rings. The van der Waals surface area contributed by atoms with Crippen molar-refractivity contribution in [1.82, 2.24) is 14.1 Å². The van der Waals surface area contributed by atoms with Gasteiger partial charge in [0.25, 0.3) is 11.8 Å². The van der Waals surface area contributed by atoms with Crippen LogP contribution in [-0.4, -0.2) is 79.2 Å². The number of amides is 4. The first kappa shape index (κ1) is 20.6. The summed E-state index contributed by atoms with van der Waals surface area (Å²) >= 11 is 0. The molecule has 3 aliphatic rings. The monoisotopic (exact) mass is 436 g/mol. The number of carbonyl (C=O) groups is 3. The summed E-state index contributed by atoms with van der Waals surface area (Å²) in [6, 6.07) is 3.60. The van der Waals surface area contributed by atoms with Crippen LogP contribution in [-0.2, 0) is 14.8 Å². The molecule has 0 unspecified atom stereocenters. The molecule has 0 radical (unpaired) electrons. The topological polar surface area (TPSA) is 130 Å². The minimum Gasteiger partial charge on any atom is -0.496 e. The van der Waals surface area contributed by atoms with Gasteiger partial charge >= 0.3 is 6.03 Å². The number of imide groups is 1. The van der Waals surface area contributed by atoms with Crippen LogP contribution in [0, 0.1) is 0 Å². The number of nitrogens with zero attached hydrogens (tertiary/aromatic N) is 3. The third kappa shape index (κ3) is 3.52. The predicted octanol–water partition coefficient (Wildman–Crippen LogP) is 0.374. The number of ether oxygens (including phenoxy) is 1. The molecule has 4 rings (SSSR count). The van der Waals surface area contributed by atoms with Gasteiger partial charge in [-0.3, -0.25) is 14.5 Å². The summed E-state index contributed by atoms with van der Waals surface area (Å²) in [4.78, 5) is 39.3. The molecule has 3 fully saturated rings. The number of primary amides is 1. The Labute approximate surface area is 174 Å². The number of hydrogen-bond acceptors (Lipinski definition) is 6. The molecule has 30 heavy (non-hydrogen) atoms. The molecule has 2 heterocycles. The Morgan fingerprint density at radius 1 is 1.10 bits per heavy atom. The molecule has 11 heteroatoms. The fourth-order valence-electron chi connectivity index (χ4n) is 4.10. The molecule has 162 valence electrons. The Kier molecular flexibility index (Phi) is 5.18. The fraction of sp³-hybridized carbons (Fsp3) is 0.526. The Bertz CT molecular complexity index is 998. The highest BCUT2D eigenvalue weighted by atomic mass is 32.2. The molecule has 0 atom stereocenters. The maximum Gasteiger partial charge on any atom is 0.327 e. The summed E-state index contributed by atoms with van der Waals surface area (Å²) < 4.78 is 32.5. The van der Waals surface area contributed by atoms with Crippen LogP contribution >= 0.6 is 0 Å². The lowest BCUT2D eigenvalue weighted by molar-refractivity contribution is -0.125. The number of benzene rings is 1. The van der Waals surface area contributed by atoms with Crippen molar-refractivity contribution < 1.29 is 27.5 Å². The molecule has 0 spiro atoms.